The molecule has 0 spiro atoms. The normalized spacial score (nSPS) is 34.5. The van der Waals surface area contributed by atoms with Crippen LogP contribution < -0.4 is 5.32 Å². The molecule has 0 aromatic carbocycles. The van der Waals surface area contributed by atoms with Crippen LogP contribution in [0.25, 0.3) is 0 Å². The molecule has 1 aromatic rings. The maximum absolute atomic E-state index is 12.2. The number of carbonyl (C=O) groups is 1. The number of hydrogen-bond acceptors (Lipinski definition) is 4. The first-order chi connectivity index (χ1) is 8.79. The van der Waals surface area contributed by atoms with Crippen molar-refractivity contribution in [3.05, 3.63) is 22.4 Å². The second-order valence-electron chi connectivity index (χ2n) is 5.18. The molecule has 3 nitrogen and oxygen atoms in total. The van der Waals surface area contributed by atoms with Crippen molar-refractivity contribution in [3.8, 4) is 0 Å². The molecule has 1 aromatic heterocycles. The molecule has 2 saturated heterocycles. The highest BCUT2D eigenvalue weighted by Crippen LogP contribution is 2.43. The highest BCUT2D eigenvalue weighted by molar-refractivity contribution is 7.10. The average Bonchev–Trinajstić information content (AvgIpc) is 3.00. The van der Waals surface area contributed by atoms with Gasteiger partial charge in [-0.2, -0.15) is 0 Å². The zero-order valence-corrected chi connectivity index (χ0v) is 11.4. The molecule has 0 saturated carbocycles. The number of hydrogen-bond donors (Lipinski definition) is 1. The SMILES string of the molecule is CCOC(=O)[C@H]1C[C@H]2CC[C@@H](N2)[C@H]1c1cccs1. The topological polar surface area (TPSA) is 38.3 Å². The maximum atomic E-state index is 12.2. The van der Waals surface area contributed by atoms with E-state index in [0.29, 0.717) is 24.6 Å². The van der Waals surface area contributed by atoms with E-state index in [2.05, 4.69) is 22.8 Å². The minimum Gasteiger partial charge on any atom is -0.466 e. The van der Waals surface area contributed by atoms with Gasteiger partial charge in [-0.1, -0.05) is 6.07 Å². The predicted molar refractivity (Wildman–Crippen MR) is 71.7 cm³/mol. The standard InChI is InChI=1S/C14H19NO2S/c1-2-17-14(16)10-8-9-5-6-11(15-9)13(10)12-4-3-7-18-12/h3-4,7,9-11,13,15H,2,5-6,8H2,1H3/t9-,10+,11-,13+/m1/s1. The maximum Gasteiger partial charge on any atom is 0.309 e. The summed E-state index contributed by atoms with van der Waals surface area (Å²) in [6.45, 7) is 2.36. The average molecular weight is 265 g/mol. The summed E-state index contributed by atoms with van der Waals surface area (Å²) >= 11 is 1.76. The van der Waals surface area contributed by atoms with E-state index in [1.54, 1.807) is 11.3 Å². The quantitative estimate of drug-likeness (QED) is 0.854. The predicted octanol–water partition coefficient (Wildman–Crippen LogP) is 2.54. The molecule has 4 atom stereocenters. The summed E-state index contributed by atoms with van der Waals surface area (Å²) in [5, 5.41) is 5.75. The Bertz CT molecular complexity index is 417. The van der Waals surface area contributed by atoms with Crippen molar-refractivity contribution >= 4 is 17.3 Å². The van der Waals surface area contributed by atoms with E-state index in [4.69, 9.17) is 4.74 Å². The van der Waals surface area contributed by atoms with Crippen LogP contribution in [-0.4, -0.2) is 24.7 Å². The third-order valence-corrected chi connectivity index (χ3v) is 5.12. The number of rotatable bonds is 3. The van der Waals surface area contributed by atoms with Crippen LogP contribution in [0.4, 0.5) is 0 Å². The van der Waals surface area contributed by atoms with E-state index in [1.165, 1.54) is 17.7 Å². The smallest absolute Gasteiger partial charge is 0.309 e. The number of nitrogens with one attached hydrogen (secondary N) is 1. The fraction of sp³-hybridized carbons (Fsp3) is 0.643. The van der Waals surface area contributed by atoms with Gasteiger partial charge in [0.2, 0.25) is 0 Å². The Labute approximate surface area is 112 Å². The summed E-state index contributed by atoms with van der Waals surface area (Å²) < 4.78 is 5.27. The molecule has 0 amide bonds. The van der Waals surface area contributed by atoms with E-state index in [0.717, 1.165) is 6.42 Å². The Morgan fingerprint density at radius 2 is 2.44 bits per heavy atom. The van der Waals surface area contributed by atoms with Crippen molar-refractivity contribution in [2.75, 3.05) is 6.61 Å². The van der Waals surface area contributed by atoms with Gasteiger partial charge in [-0.25, -0.2) is 0 Å². The lowest BCUT2D eigenvalue weighted by atomic mass is 9.80. The molecule has 2 bridgehead atoms. The van der Waals surface area contributed by atoms with Crippen LogP contribution in [-0.2, 0) is 9.53 Å². The summed E-state index contributed by atoms with van der Waals surface area (Å²) in [6.07, 6.45) is 3.31. The summed E-state index contributed by atoms with van der Waals surface area (Å²) in [6, 6.07) is 5.20. The second kappa shape index (κ2) is 5.02. The van der Waals surface area contributed by atoms with Gasteiger partial charge in [-0.15, -0.1) is 11.3 Å². The van der Waals surface area contributed by atoms with Gasteiger partial charge in [0, 0.05) is 22.9 Å². The van der Waals surface area contributed by atoms with Crippen molar-refractivity contribution < 1.29 is 9.53 Å². The molecule has 0 unspecified atom stereocenters. The molecular weight excluding hydrogens is 246 g/mol. The van der Waals surface area contributed by atoms with Gasteiger partial charge in [-0.3, -0.25) is 4.79 Å². The van der Waals surface area contributed by atoms with Gasteiger partial charge >= 0.3 is 5.97 Å². The lowest BCUT2D eigenvalue weighted by molar-refractivity contribution is -0.150. The van der Waals surface area contributed by atoms with E-state index < -0.39 is 0 Å². The fourth-order valence-electron chi connectivity index (χ4n) is 3.42. The molecule has 4 heteroatoms. The highest BCUT2D eigenvalue weighted by Gasteiger charge is 2.46. The molecular formula is C14H19NO2S. The van der Waals surface area contributed by atoms with E-state index >= 15 is 0 Å². The first-order valence-corrected chi connectivity index (χ1v) is 7.63. The van der Waals surface area contributed by atoms with Crippen LogP contribution in [0.2, 0.25) is 0 Å². The monoisotopic (exact) mass is 265 g/mol. The Morgan fingerprint density at radius 3 is 3.17 bits per heavy atom. The number of carbonyl (C=O) groups excluding carboxylic acids is 1. The largest absolute Gasteiger partial charge is 0.466 e. The van der Waals surface area contributed by atoms with Gasteiger partial charge in [-0.05, 0) is 37.6 Å². The number of thiophene rings is 1. The van der Waals surface area contributed by atoms with Gasteiger partial charge in [0.1, 0.15) is 0 Å². The van der Waals surface area contributed by atoms with Crippen molar-refractivity contribution in [2.45, 2.75) is 44.2 Å². The molecule has 3 heterocycles. The summed E-state index contributed by atoms with van der Waals surface area (Å²) in [4.78, 5) is 13.5. The molecule has 2 aliphatic heterocycles. The van der Waals surface area contributed by atoms with Crippen LogP contribution in [0.15, 0.2) is 17.5 Å². The van der Waals surface area contributed by atoms with E-state index in [-0.39, 0.29) is 11.9 Å². The van der Waals surface area contributed by atoms with Crippen LogP contribution in [0, 0.1) is 5.92 Å². The minimum absolute atomic E-state index is 0.00528. The van der Waals surface area contributed by atoms with Crippen LogP contribution in [0.1, 0.15) is 37.0 Å². The van der Waals surface area contributed by atoms with Crippen molar-refractivity contribution in [1.29, 1.82) is 0 Å². The molecule has 0 aliphatic carbocycles. The lowest BCUT2D eigenvalue weighted by Crippen LogP contribution is -2.46. The summed E-state index contributed by atoms with van der Waals surface area (Å²) in [5.74, 6) is 0.347. The van der Waals surface area contributed by atoms with Crippen molar-refractivity contribution in [2.24, 2.45) is 5.92 Å². The molecule has 1 N–H and O–H groups in total. The number of ether oxygens (including phenoxy) is 1. The minimum atomic E-state index is -0.00528. The third kappa shape index (κ3) is 2.08. The molecule has 18 heavy (non-hydrogen) atoms. The Kier molecular flexibility index (Phi) is 3.39. The van der Waals surface area contributed by atoms with Crippen LogP contribution in [0.5, 0.6) is 0 Å². The van der Waals surface area contributed by atoms with Crippen molar-refractivity contribution in [3.63, 3.8) is 0 Å². The van der Waals surface area contributed by atoms with Crippen LogP contribution in [0.3, 0.4) is 0 Å². The molecule has 3 rings (SSSR count). The summed E-state index contributed by atoms with van der Waals surface area (Å²) in [7, 11) is 0. The zero-order valence-electron chi connectivity index (χ0n) is 10.6. The molecule has 0 radical (unpaired) electrons. The van der Waals surface area contributed by atoms with Crippen LogP contribution >= 0.6 is 11.3 Å². The van der Waals surface area contributed by atoms with Crippen molar-refractivity contribution in [1.82, 2.24) is 5.32 Å². The lowest BCUT2D eigenvalue weighted by Gasteiger charge is -2.35. The van der Waals surface area contributed by atoms with Gasteiger partial charge in [0.25, 0.3) is 0 Å². The molecule has 98 valence electrons. The zero-order chi connectivity index (χ0) is 12.5. The summed E-state index contributed by atoms with van der Waals surface area (Å²) in [5.41, 5.74) is 0. The molecule has 2 aliphatic rings. The Morgan fingerprint density at radius 1 is 1.56 bits per heavy atom. The number of esters is 1. The number of piperidine rings is 1. The Hall–Kier alpha value is -0.870. The third-order valence-electron chi connectivity index (χ3n) is 4.14. The Balaban J connectivity index is 1.87. The van der Waals surface area contributed by atoms with Gasteiger partial charge in [0.05, 0.1) is 12.5 Å². The fourth-order valence-corrected chi connectivity index (χ4v) is 4.38. The van der Waals surface area contributed by atoms with E-state index in [1.807, 2.05) is 6.92 Å². The van der Waals surface area contributed by atoms with Gasteiger partial charge in [0.15, 0.2) is 0 Å². The second-order valence-corrected chi connectivity index (χ2v) is 6.16. The molecule has 2 fully saturated rings. The first-order valence-electron chi connectivity index (χ1n) is 6.75. The highest BCUT2D eigenvalue weighted by atomic mass is 32.1. The first kappa shape index (κ1) is 12.2. The van der Waals surface area contributed by atoms with E-state index in [9.17, 15) is 4.79 Å². The van der Waals surface area contributed by atoms with Gasteiger partial charge < -0.3 is 10.1 Å². The number of fused-ring (bicyclic) bond motifs is 2.